The topological polar surface area (TPSA) is 76.1 Å². The van der Waals surface area contributed by atoms with Crippen LogP contribution in [0.4, 0.5) is 19.3 Å². The second kappa shape index (κ2) is 8.72. The van der Waals surface area contributed by atoms with Crippen molar-refractivity contribution in [1.29, 1.82) is 0 Å². The minimum absolute atomic E-state index is 0.0143. The molecule has 154 valence electrons. The van der Waals surface area contributed by atoms with Gasteiger partial charge in [0, 0.05) is 44.3 Å². The molecule has 0 radical (unpaired) electrons. The third-order valence-corrected chi connectivity index (χ3v) is 5.52. The van der Waals surface area contributed by atoms with Crippen molar-refractivity contribution in [1.82, 2.24) is 15.1 Å². The van der Waals surface area contributed by atoms with Gasteiger partial charge >= 0.3 is 12.0 Å². The summed E-state index contributed by atoms with van der Waals surface area (Å²) < 4.78 is 27.3. The number of anilines is 1. The molecule has 2 aliphatic rings. The zero-order valence-electron chi connectivity index (χ0n) is 15.9. The van der Waals surface area contributed by atoms with E-state index in [1.165, 1.54) is 6.07 Å². The number of amides is 2. The van der Waals surface area contributed by atoms with Crippen LogP contribution in [0.15, 0.2) is 18.2 Å². The fraction of sp³-hybridized carbons (Fsp3) is 0.579. The summed E-state index contributed by atoms with van der Waals surface area (Å²) in [6.07, 6.45) is 1.47. The molecule has 28 heavy (non-hydrogen) atoms. The minimum Gasteiger partial charge on any atom is -0.480 e. The maximum Gasteiger partial charge on any atom is 0.317 e. The molecule has 7 nitrogen and oxygen atoms in total. The first-order valence-corrected chi connectivity index (χ1v) is 9.58. The molecule has 1 aliphatic heterocycles. The second-order valence-corrected chi connectivity index (χ2v) is 7.30. The van der Waals surface area contributed by atoms with E-state index in [0.717, 1.165) is 25.0 Å². The Bertz CT molecular complexity index is 719. The monoisotopic (exact) mass is 396 g/mol. The molecule has 0 atom stereocenters. The van der Waals surface area contributed by atoms with Crippen LogP contribution in [0.5, 0.6) is 0 Å². The Hall–Kier alpha value is -2.42. The average molecular weight is 396 g/mol. The first kappa shape index (κ1) is 20.3. The van der Waals surface area contributed by atoms with E-state index in [1.54, 1.807) is 9.80 Å². The average Bonchev–Trinajstić information content (AvgIpc) is 2.64. The molecule has 2 N–H and O–H groups in total. The number of nitrogens with zero attached hydrogens (tertiary/aromatic N) is 3. The van der Waals surface area contributed by atoms with Crippen LogP contribution in [0.25, 0.3) is 0 Å². The molecule has 2 fully saturated rings. The van der Waals surface area contributed by atoms with Crippen molar-refractivity contribution in [2.45, 2.75) is 31.8 Å². The Labute approximate surface area is 162 Å². The number of benzene rings is 1. The van der Waals surface area contributed by atoms with Crippen LogP contribution in [0.3, 0.4) is 0 Å². The van der Waals surface area contributed by atoms with E-state index >= 15 is 0 Å². The van der Waals surface area contributed by atoms with Gasteiger partial charge < -0.3 is 20.2 Å². The predicted octanol–water partition coefficient (Wildman–Crippen LogP) is 1.73. The van der Waals surface area contributed by atoms with Gasteiger partial charge in [0.2, 0.25) is 0 Å². The van der Waals surface area contributed by atoms with Crippen LogP contribution in [0, 0.1) is 11.6 Å². The first-order chi connectivity index (χ1) is 13.4. The molecule has 0 aromatic heterocycles. The molecule has 3 rings (SSSR count). The molecule has 2 amide bonds. The molecule has 9 heteroatoms. The summed E-state index contributed by atoms with van der Waals surface area (Å²) in [7, 11) is 0. The highest BCUT2D eigenvalue weighted by Crippen LogP contribution is 2.26. The van der Waals surface area contributed by atoms with Crippen molar-refractivity contribution in [3.8, 4) is 0 Å². The van der Waals surface area contributed by atoms with Gasteiger partial charge in [0.05, 0.1) is 12.2 Å². The summed E-state index contributed by atoms with van der Waals surface area (Å²) in [6, 6.07) is 3.43. The van der Waals surface area contributed by atoms with Gasteiger partial charge in [-0.05, 0) is 31.5 Å². The van der Waals surface area contributed by atoms with Gasteiger partial charge in [-0.1, -0.05) is 6.92 Å². The van der Waals surface area contributed by atoms with Crippen molar-refractivity contribution in [3.63, 3.8) is 0 Å². The van der Waals surface area contributed by atoms with Gasteiger partial charge in [0.25, 0.3) is 0 Å². The third-order valence-electron chi connectivity index (χ3n) is 5.52. The lowest BCUT2D eigenvalue weighted by Crippen LogP contribution is -2.59. The zero-order valence-corrected chi connectivity index (χ0v) is 15.9. The third kappa shape index (κ3) is 4.70. The standard InChI is InChI=1S/C19H26F2N4O3/c1-2-23(12-18(26)27)15-10-14(11-15)22-19(28)25-7-5-24(6-8-25)17-9-13(20)3-4-16(17)21/h3-4,9,14-15H,2,5-8,10-12H2,1H3,(H,22,28)(H,26,27). The van der Waals surface area contributed by atoms with Gasteiger partial charge in [-0.15, -0.1) is 0 Å². The Morgan fingerprint density at radius 3 is 2.50 bits per heavy atom. The van der Waals surface area contributed by atoms with E-state index in [0.29, 0.717) is 32.7 Å². The number of urea groups is 1. The molecule has 1 saturated carbocycles. The Balaban J connectivity index is 1.44. The summed E-state index contributed by atoms with van der Waals surface area (Å²) in [5.74, 6) is -1.80. The van der Waals surface area contributed by atoms with Crippen molar-refractivity contribution in [2.75, 3.05) is 44.2 Å². The number of hydrogen-bond acceptors (Lipinski definition) is 4. The van der Waals surface area contributed by atoms with Gasteiger partial charge in [-0.25, -0.2) is 13.6 Å². The zero-order chi connectivity index (χ0) is 20.3. The highest BCUT2D eigenvalue weighted by Gasteiger charge is 2.35. The van der Waals surface area contributed by atoms with Crippen molar-refractivity contribution < 1.29 is 23.5 Å². The van der Waals surface area contributed by atoms with E-state index in [9.17, 15) is 18.4 Å². The Morgan fingerprint density at radius 2 is 1.89 bits per heavy atom. The highest BCUT2D eigenvalue weighted by atomic mass is 19.1. The second-order valence-electron chi connectivity index (χ2n) is 7.30. The first-order valence-electron chi connectivity index (χ1n) is 9.58. The van der Waals surface area contributed by atoms with E-state index in [-0.39, 0.29) is 30.3 Å². The number of hydrogen-bond donors (Lipinski definition) is 2. The Morgan fingerprint density at radius 1 is 1.21 bits per heavy atom. The number of carbonyl (C=O) groups excluding carboxylic acids is 1. The van der Waals surface area contributed by atoms with Crippen LogP contribution in [0.1, 0.15) is 19.8 Å². The lowest BCUT2D eigenvalue weighted by atomic mass is 9.85. The van der Waals surface area contributed by atoms with Gasteiger partial charge in [0.15, 0.2) is 0 Å². The fourth-order valence-electron chi connectivity index (χ4n) is 3.82. The van der Waals surface area contributed by atoms with Gasteiger partial charge in [0.1, 0.15) is 11.6 Å². The molecule has 1 aromatic carbocycles. The SMILES string of the molecule is CCN(CC(=O)O)C1CC(NC(=O)N2CCN(c3cc(F)ccc3F)CC2)C1. The molecule has 1 heterocycles. The number of aliphatic carboxylic acids is 1. The summed E-state index contributed by atoms with van der Waals surface area (Å²) in [5, 5.41) is 11.9. The Kier molecular flexibility index (Phi) is 6.33. The summed E-state index contributed by atoms with van der Waals surface area (Å²) in [5.41, 5.74) is 0.222. The number of halogens is 2. The van der Waals surface area contributed by atoms with Crippen molar-refractivity contribution in [3.05, 3.63) is 29.8 Å². The molecular formula is C19H26F2N4O3. The number of carboxylic acid groups (broad SMARTS) is 1. The maximum atomic E-state index is 13.9. The van der Waals surface area contributed by atoms with Crippen LogP contribution in [0.2, 0.25) is 0 Å². The number of rotatable bonds is 6. The number of nitrogens with one attached hydrogen (secondary N) is 1. The largest absolute Gasteiger partial charge is 0.480 e. The predicted molar refractivity (Wildman–Crippen MR) is 100 cm³/mol. The number of carboxylic acids is 1. The summed E-state index contributed by atoms with van der Waals surface area (Å²) in [4.78, 5) is 28.6. The minimum atomic E-state index is -0.845. The fourth-order valence-corrected chi connectivity index (χ4v) is 3.82. The van der Waals surface area contributed by atoms with Gasteiger partial charge in [-0.2, -0.15) is 0 Å². The van der Waals surface area contributed by atoms with Crippen LogP contribution < -0.4 is 10.2 Å². The highest BCUT2D eigenvalue weighted by molar-refractivity contribution is 5.75. The number of piperazine rings is 1. The molecule has 1 saturated heterocycles. The smallest absolute Gasteiger partial charge is 0.317 e. The van der Waals surface area contributed by atoms with E-state index in [2.05, 4.69) is 5.32 Å². The maximum absolute atomic E-state index is 13.9. The molecule has 0 spiro atoms. The molecule has 0 unspecified atom stereocenters. The molecule has 1 aromatic rings. The van der Waals surface area contributed by atoms with E-state index in [4.69, 9.17) is 5.11 Å². The van der Waals surface area contributed by atoms with Crippen LogP contribution in [-0.4, -0.2) is 78.3 Å². The normalized spacial score (nSPS) is 22.1. The van der Waals surface area contributed by atoms with Crippen LogP contribution in [-0.2, 0) is 4.79 Å². The van der Waals surface area contributed by atoms with E-state index in [1.807, 2.05) is 11.8 Å². The lowest BCUT2D eigenvalue weighted by molar-refractivity contribution is -0.139. The quantitative estimate of drug-likeness (QED) is 0.766. The molecule has 1 aliphatic carbocycles. The summed E-state index contributed by atoms with van der Waals surface area (Å²) in [6.45, 7) is 4.33. The molecular weight excluding hydrogens is 370 g/mol. The molecule has 0 bridgehead atoms. The summed E-state index contributed by atoms with van der Waals surface area (Å²) >= 11 is 0. The van der Waals surface area contributed by atoms with Crippen molar-refractivity contribution >= 4 is 17.7 Å². The number of likely N-dealkylation sites (N-methyl/N-ethyl adjacent to an activating group) is 1. The van der Waals surface area contributed by atoms with Crippen molar-refractivity contribution in [2.24, 2.45) is 0 Å². The number of carbonyl (C=O) groups is 2. The van der Waals surface area contributed by atoms with Crippen LogP contribution >= 0.6 is 0 Å². The lowest BCUT2D eigenvalue weighted by Gasteiger charge is -2.43. The van der Waals surface area contributed by atoms with E-state index < -0.39 is 17.6 Å². The van der Waals surface area contributed by atoms with Gasteiger partial charge in [-0.3, -0.25) is 9.69 Å².